The Balaban J connectivity index is 2.66. The zero-order valence-corrected chi connectivity index (χ0v) is 9.09. The van der Waals surface area contributed by atoms with Crippen molar-refractivity contribution >= 4 is 16.6 Å². The molecule has 1 aromatic carbocycles. The minimum atomic E-state index is -0.591. The van der Waals surface area contributed by atoms with Crippen molar-refractivity contribution in [1.29, 1.82) is 0 Å². The summed E-state index contributed by atoms with van der Waals surface area (Å²) in [6.45, 7) is 3.86. The van der Waals surface area contributed by atoms with Crippen molar-refractivity contribution in [2.75, 3.05) is 5.32 Å². The van der Waals surface area contributed by atoms with Gasteiger partial charge in [0, 0.05) is 18.3 Å². The third kappa shape index (κ3) is 1.96. The van der Waals surface area contributed by atoms with Gasteiger partial charge in [0.2, 0.25) is 0 Å². The lowest BCUT2D eigenvalue weighted by Gasteiger charge is -2.12. The standard InChI is InChI=1S/C12H12F2N2/c1-7(2)16-12-11-8(3-4-15-12)5-9(13)6-10(11)14/h3-7H,1-2H3,(H,15,16). The van der Waals surface area contributed by atoms with E-state index in [0.717, 1.165) is 6.07 Å². The van der Waals surface area contributed by atoms with Crippen LogP contribution in [0.5, 0.6) is 0 Å². The van der Waals surface area contributed by atoms with Gasteiger partial charge in [0.05, 0.1) is 5.39 Å². The molecule has 84 valence electrons. The molecule has 0 atom stereocenters. The predicted octanol–water partition coefficient (Wildman–Crippen LogP) is 3.33. The molecular weight excluding hydrogens is 210 g/mol. The summed E-state index contributed by atoms with van der Waals surface area (Å²) in [5, 5.41) is 3.88. The second-order valence-corrected chi connectivity index (χ2v) is 3.94. The molecule has 2 nitrogen and oxygen atoms in total. The highest BCUT2D eigenvalue weighted by Gasteiger charge is 2.10. The summed E-state index contributed by atoms with van der Waals surface area (Å²) in [6, 6.07) is 3.90. The summed E-state index contributed by atoms with van der Waals surface area (Å²) in [5.74, 6) is -0.719. The Morgan fingerprint density at radius 3 is 2.69 bits per heavy atom. The molecular formula is C12H12F2N2. The molecule has 0 amide bonds. The van der Waals surface area contributed by atoms with Crippen LogP contribution in [0.25, 0.3) is 10.8 Å². The predicted molar refractivity (Wildman–Crippen MR) is 60.4 cm³/mol. The lowest BCUT2D eigenvalue weighted by molar-refractivity contribution is 0.592. The zero-order valence-electron chi connectivity index (χ0n) is 9.09. The van der Waals surface area contributed by atoms with Crippen molar-refractivity contribution in [2.45, 2.75) is 19.9 Å². The van der Waals surface area contributed by atoms with E-state index in [1.165, 1.54) is 12.3 Å². The van der Waals surface area contributed by atoms with Crippen LogP contribution in [0.1, 0.15) is 13.8 Å². The first-order valence-corrected chi connectivity index (χ1v) is 5.08. The van der Waals surface area contributed by atoms with Crippen LogP contribution >= 0.6 is 0 Å². The number of anilines is 1. The van der Waals surface area contributed by atoms with E-state index in [0.29, 0.717) is 16.6 Å². The first kappa shape index (κ1) is 10.8. The molecule has 0 aliphatic rings. The van der Waals surface area contributed by atoms with Crippen LogP contribution in [0, 0.1) is 11.6 Å². The van der Waals surface area contributed by atoms with E-state index >= 15 is 0 Å². The molecule has 0 spiro atoms. The fraction of sp³-hybridized carbons (Fsp3) is 0.250. The molecule has 1 aromatic heterocycles. The molecule has 0 fully saturated rings. The van der Waals surface area contributed by atoms with Crippen LogP contribution < -0.4 is 5.32 Å². The fourth-order valence-corrected chi connectivity index (χ4v) is 1.61. The second kappa shape index (κ2) is 4.04. The lowest BCUT2D eigenvalue weighted by atomic mass is 10.1. The average molecular weight is 222 g/mol. The summed E-state index contributed by atoms with van der Waals surface area (Å²) < 4.78 is 26.6. The maximum Gasteiger partial charge on any atom is 0.137 e. The van der Waals surface area contributed by atoms with Gasteiger partial charge in [0.1, 0.15) is 17.5 Å². The molecule has 0 radical (unpaired) electrons. The smallest absolute Gasteiger partial charge is 0.137 e. The molecule has 0 bridgehead atoms. The van der Waals surface area contributed by atoms with E-state index in [4.69, 9.17) is 0 Å². The van der Waals surface area contributed by atoms with Crippen LogP contribution in [0.3, 0.4) is 0 Å². The SMILES string of the molecule is CC(C)Nc1nccc2cc(F)cc(F)c12. The molecule has 0 aliphatic carbocycles. The quantitative estimate of drug-likeness (QED) is 0.843. The van der Waals surface area contributed by atoms with Gasteiger partial charge in [-0.15, -0.1) is 0 Å². The van der Waals surface area contributed by atoms with Crippen LogP contribution in [-0.4, -0.2) is 11.0 Å². The second-order valence-electron chi connectivity index (χ2n) is 3.94. The first-order chi connectivity index (χ1) is 7.58. The Kier molecular flexibility index (Phi) is 2.73. The fourth-order valence-electron chi connectivity index (χ4n) is 1.61. The Morgan fingerprint density at radius 2 is 2.00 bits per heavy atom. The third-order valence-corrected chi connectivity index (χ3v) is 2.21. The van der Waals surface area contributed by atoms with Gasteiger partial charge in [0.15, 0.2) is 0 Å². The Bertz CT molecular complexity index is 524. The minimum absolute atomic E-state index is 0.141. The van der Waals surface area contributed by atoms with E-state index in [1.54, 1.807) is 6.07 Å². The van der Waals surface area contributed by atoms with Gasteiger partial charge >= 0.3 is 0 Å². The monoisotopic (exact) mass is 222 g/mol. The summed E-state index contributed by atoms with van der Waals surface area (Å²) in [4.78, 5) is 4.06. The number of pyridine rings is 1. The number of rotatable bonds is 2. The normalized spacial score (nSPS) is 11.1. The zero-order chi connectivity index (χ0) is 11.7. The van der Waals surface area contributed by atoms with E-state index in [-0.39, 0.29) is 6.04 Å². The van der Waals surface area contributed by atoms with Crippen molar-refractivity contribution < 1.29 is 8.78 Å². The summed E-state index contributed by atoms with van der Waals surface area (Å²) in [5.41, 5.74) is 0. The molecule has 1 heterocycles. The molecule has 0 saturated heterocycles. The number of nitrogens with one attached hydrogen (secondary N) is 1. The summed E-state index contributed by atoms with van der Waals surface area (Å²) >= 11 is 0. The van der Waals surface area contributed by atoms with Crippen LogP contribution in [-0.2, 0) is 0 Å². The van der Waals surface area contributed by atoms with Gasteiger partial charge in [-0.2, -0.15) is 0 Å². The number of halogens is 2. The Hall–Kier alpha value is -1.71. The van der Waals surface area contributed by atoms with Gasteiger partial charge in [-0.3, -0.25) is 0 Å². The lowest BCUT2D eigenvalue weighted by Crippen LogP contribution is -2.11. The number of aromatic nitrogens is 1. The number of benzene rings is 1. The Morgan fingerprint density at radius 1 is 1.25 bits per heavy atom. The maximum atomic E-state index is 13.6. The minimum Gasteiger partial charge on any atom is -0.367 e. The first-order valence-electron chi connectivity index (χ1n) is 5.08. The number of fused-ring (bicyclic) bond motifs is 1. The van der Waals surface area contributed by atoms with Crippen LogP contribution in [0.15, 0.2) is 24.4 Å². The van der Waals surface area contributed by atoms with E-state index in [2.05, 4.69) is 10.3 Å². The molecule has 2 aromatic rings. The van der Waals surface area contributed by atoms with Gasteiger partial charge < -0.3 is 5.32 Å². The van der Waals surface area contributed by atoms with Crippen molar-refractivity contribution in [1.82, 2.24) is 4.98 Å². The van der Waals surface area contributed by atoms with E-state index < -0.39 is 11.6 Å². The number of nitrogens with zero attached hydrogens (tertiary/aromatic N) is 1. The Labute approximate surface area is 92.3 Å². The highest BCUT2D eigenvalue weighted by Crippen LogP contribution is 2.25. The summed E-state index contributed by atoms with van der Waals surface area (Å²) in [7, 11) is 0. The molecule has 1 N–H and O–H groups in total. The van der Waals surface area contributed by atoms with E-state index in [9.17, 15) is 8.78 Å². The highest BCUT2D eigenvalue weighted by atomic mass is 19.1. The van der Waals surface area contributed by atoms with Crippen molar-refractivity contribution in [3.8, 4) is 0 Å². The molecule has 2 rings (SSSR count). The topological polar surface area (TPSA) is 24.9 Å². The maximum absolute atomic E-state index is 13.6. The summed E-state index contributed by atoms with van der Waals surface area (Å²) in [6.07, 6.45) is 1.53. The van der Waals surface area contributed by atoms with Gasteiger partial charge in [-0.1, -0.05) is 0 Å². The van der Waals surface area contributed by atoms with Crippen molar-refractivity contribution in [3.05, 3.63) is 36.0 Å². The molecule has 4 heteroatoms. The van der Waals surface area contributed by atoms with Crippen LogP contribution in [0.2, 0.25) is 0 Å². The van der Waals surface area contributed by atoms with E-state index in [1.807, 2.05) is 13.8 Å². The highest BCUT2D eigenvalue weighted by molar-refractivity contribution is 5.92. The van der Waals surface area contributed by atoms with Gasteiger partial charge in [-0.25, -0.2) is 13.8 Å². The molecule has 0 aliphatic heterocycles. The van der Waals surface area contributed by atoms with Crippen molar-refractivity contribution in [2.24, 2.45) is 0 Å². The third-order valence-electron chi connectivity index (χ3n) is 2.21. The molecule has 0 unspecified atom stereocenters. The van der Waals surface area contributed by atoms with Crippen molar-refractivity contribution in [3.63, 3.8) is 0 Å². The number of hydrogen-bond donors (Lipinski definition) is 1. The molecule has 0 saturated carbocycles. The number of hydrogen-bond acceptors (Lipinski definition) is 2. The van der Waals surface area contributed by atoms with Gasteiger partial charge in [-0.05, 0) is 31.4 Å². The largest absolute Gasteiger partial charge is 0.367 e. The molecule has 16 heavy (non-hydrogen) atoms. The van der Waals surface area contributed by atoms with Crippen LogP contribution in [0.4, 0.5) is 14.6 Å². The average Bonchev–Trinajstić information content (AvgIpc) is 2.15. The van der Waals surface area contributed by atoms with Gasteiger partial charge in [0.25, 0.3) is 0 Å².